The fourth-order valence-electron chi connectivity index (χ4n) is 2.37. The maximum atomic E-state index is 9.40. The van der Waals surface area contributed by atoms with E-state index in [0.717, 1.165) is 12.3 Å². The van der Waals surface area contributed by atoms with Gasteiger partial charge in [-0.3, -0.25) is 0 Å². The Morgan fingerprint density at radius 2 is 1.78 bits per heavy atom. The molecule has 52 valence electrons. The van der Waals surface area contributed by atoms with Gasteiger partial charge in [-0.2, -0.15) is 0 Å². The lowest BCUT2D eigenvalue weighted by molar-refractivity contribution is 0.0770. The third-order valence-corrected chi connectivity index (χ3v) is 3.00. The number of hydrogen-bond acceptors (Lipinski definition) is 1. The van der Waals surface area contributed by atoms with Crippen LogP contribution in [0.5, 0.6) is 0 Å². The molecule has 2 fully saturated rings. The summed E-state index contributed by atoms with van der Waals surface area (Å²) in [6, 6.07) is 0. The highest BCUT2D eigenvalue weighted by molar-refractivity contribution is 4.85. The molecule has 0 spiro atoms. The molecule has 0 unspecified atom stereocenters. The molecule has 0 aromatic carbocycles. The van der Waals surface area contributed by atoms with E-state index < -0.39 is 0 Å². The van der Waals surface area contributed by atoms with Gasteiger partial charge in [0.15, 0.2) is 0 Å². The minimum absolute atomic E-state index is 0.0590. The van der Waals surface area contributed by atoms with Crippen LogP contribution < -0.4 is 0 Å². The average molecular weight is 126 g/mol. The number of fused-ring (bicyclic) bond motifs is 2. The Morgan fingerprint density at radius 1 is 1.00 bits per heavy atom. The third-order valence-electron chi connectivity index (χ3n) is 3.00. The van der Waals surface area contributed by atoms with Crippen LogP contribution in [-0.2, 0) is 0 Å². The second kappa shape index (κ2) is 1.98. The summed E-state index contributed by atoms with van der Waals surface area (Å²) in [7, 11) is 0. The lowest BCUT2D eigenvalue weighted by Gasteiger charge is -2.23. The van der Waals surface area contributed by atoms with E-state index in [1.165, 1.54) is 25.7 Å². The Bertz CT molecular complexity index is 111. The summed E-state index contributed by atoms with van der Waals surface area (Å²) in [4.78, 5) is 0. The summed E-state index contributed by atoms with van der Waals surface area (Å²) >= 11 is 0. The third kappa shape index (κ3) is 0.877. The van der Waals surface area contributed by atoms with Gasteiger partial charge in [0.2, 0.25) is 0 Å². The van der Waals surface area contributed by atoms with E-state index in [4.69, 9.17) is 0 Å². The Hall–Kier alpha value is -0.0400. The summed E-state index contributed by atoms with van der Waals surface area (Å²) in [6.45, 7) is 0. The first-order valence-electron chi connectivity index (χ1n) is 4.04. The highest BCUT2D eigenvalue weighted by atomic mass is 16.3. The number of aliphatic hydroxyl groups excluding tert-OH is 1. The predicted octanol–water partition coefficient (Wildman–Crippen LogP) is 1.56. The molecule has 0 radical (unpaired) electrons. The summed E-state index contributed by atoms with van der Waals surface area (Å²) in [6.07, 6.45) is 6.44. The van der Waals surface area contributed by atoms with Crippen LogP contribution in [0.25, 0.3) is 0 Å². The van der Waals surface area contributed by atoms with Crippen molar-refractivity contribution in [3.8, 4) is 0 Å². The van der Waals surface area contributed by atoms with Gasteiger partial charge in [0.1, 0.15) is 0 Å². The normalized spacial score (nSPS) is 49.7. The van der Waals surface area contributed by atoms with Gasteiger partial charge in [0.05, 0.1) is 6.10 Å². The molecule has 0 aromatic heterocycles. The van der Waals surface area contributed by atoms with E-state index >= 15 is 0 Å². The first-order chi connectivity index (χ1) is 4.36. The topological polar surface area (TPSA) is 20.2 Å². The van der Waals surface area contributed by atoms with Gasteiger partial charge in [-0.1, -0.05) is 6.42 Å². The Morgan fingerprint density at radius 3 is 2.56 bits per heavy atom. The van der Waals surface area contributed by atoms with E-state index in [0.29, 0.717) is 5.92 Å². The molecule has 1 nitrogen and oxygen atoms in total. The molecule has 3 atom stereocenters. The van der Waals surface area contributed by atoms with Crippen molar-refractivity contribution in [3.05, 3.63) is 0 Å². The van der Waals surface area contributed by atoms with Crippen molar-refractivity contribution in [2.24, 2.45) is 11.8 Å². The molecular weight excluding hydrogens is 112 g/mol. The lowest BCUT2D eigenvalue weighted by atomic mass is 9.87. The van der Waals surface area contributed by atoms with Crippen LogP contribution in [0.4, 0.5) is 0 Å². The molecule has 0 saturated heterocycles. The van der Waals surface area contributed by atoms with Crippen molar-refractivity contribution in [3.63, 3.8) is 0 Å². The van der Waals surface area contributed by atoms with Crippen molar-refractivity contribution in [2.45, 2.75) is 38.2 Å². The van der Waals surface area contributed by atoms with Crippen LogP contribution in [0.1, 0.15) is 32.1 Å². The van der Waals surface area contributed by atoms with Crippen LogP contribution in [-0.4, -0.2) is 11.2 Å². The number of rotatable bonds is 0. The molecule has 2 saturated carbocycles. The second-order valence-electron chi connectivity index (χ2n) is 3.58. The molecule has 2 aliphatic rings. The molecule has 1 heteroatoms. The summed E-state index contributed by atoms with van der Waals surface area (Å²) in [5, 5.41) is 9.40. The quantitative estimate of drug-likeness (QED) is 0.522. The zero-order chi connectivity index (χ0) is 6.27. The molecule has 0 heterocycles. The lowest BCUT2D eigenvalue weighted by Crippen LogP contribution is -2.22. The number of aliphatic hydroxyl groups is 1. The van der Waals surface area contributed by atoms with Gasteiger partial charge in [0.25, 0.3) is 0 Å². The van der Waals surface area contributed by atoms with Gasteiger partial charge >= 0.3 is 0 Å². The van der Waals surface area contributed by atoms with Crippen LogP contribution >= 0.6 is 0 Å². The van der Waals surface area contributed by atoms with Gasteiger partial charge < -0.3 is 5.11 Å². The maximum absolute atomic E-state index is 9.40. The van der Waals surface area contributed by atoms with Crippen LogP contribution in [0, 0.1) is 11.8 Å². The molecule has 9 heavy (non-hydrogen) atoms. The van der Waals surface area contributed by atoms with Gasteiger partial charge in [-0.15, -0.1) is 0 Å². The largest absolute Gasteiger partial charge is 0.393 e. The molecule has 2 aliphatic carbocycles. The number of hydrogen-bond donors (Lipinski definition) is 1. The highest BCUT2D eigenvalue weighted by Gasteiger charge is 2.34. The molecule has 2 bridgehead atoms. The van der Waals surface area contributed by atoms with Crippen molar-refractivity contribution in [2.75, 3.05) is 0 Å². The molecule has 0 aromatic rings. The van der Waals surface area contributed by atoms with Gasteiger partial charge in [0, 0.05) is 0 Å². The average Bonchev–Trinajstić information content (AvgIpc) is 2.25. The Kier molecular flexibility index (Phi) is 1.26. The van der Waals surface area contributed by atoms with E-state index in [2.05, 4.69) is 0 Å². The van der Waals surface area contributed by atoms with Gasteiger partial charge in [-0.25, -0.2) is 0 Å². The van der Waals surface area contributed by atoms with E-state index in [-0.39, 0.29) is 6.10 Å². The van der Waals surface area contributed by atoms with Crippen LogP contribution in [0.3, 0.4) is 0 Å². The van der Waals surface area contributed by atoms with E-state index in [9.17, 15) is 5.11 Å². The van der Waals surface area contributed by atoms with Crippen molar-refractivity contribution in [1.29, 1.82) is 0 Å². The van der Waals surface area contributed by atoms with Gasteiger partial charge in [-0.05, 0) is 37.5 Å². The molecule has 1 N–H and O–H groups in total. The zero-order valence-corrected chi connectivity index (χ0v) is 5.71. The summed E-state index contributed by atoms with van der Waals surface area (Å²) in [5.74, 6) is 1.67. The van der Waals surface area contributed by atoms with Crippen molar-refractivity contribution < 1.29 is 5.11 Å². The summed E-state index contributed by atoms with van der Waals surface area (Å²) in [5.41, 5.74) is 0. The molecule has 0 amide bonds. The van der Waals surface area contributed by atoms with E-state index in [1.54, 1.807) is 0 Å². The summed E-state index contributed by atoms with van der Waals surface area (Å²) < 4.78 is 0. The predicted molar refractivity (Wildman–Crippen MR) is 36.1 cm³/mol. The molecule has 2 rings (SSSR count). The molecule has 0 aliphatic heterocycles. The van der Waals surface area contributed by atoms with Crippen LogP contribution in [0.15, 0.2) is 0 Å². The standard InChI is InChI=1S/C8H14O/c9-8-4-2-6-1-3-7(8)5-6/h6-9H,1-5H2/t6-,7-,8+/m1/s1. The first-order valence-corrected chi connectivity index (χ1v) is 4.04. The monoisotopic (exact) mass is 126 g/mol. The zero-order valence-electron chi connectivity index (χ0n) is 5.71. The smallest absolute Gasteiger partial charge is 0.0568 e. The SMILES string of the molecule is O[C@H]1CC[C@H]2CC[C@@H]1C2. The highest BCUT2D eigenvalue weighted by Crippen LogP contribution is 2.41. The molecular formula is C8H14O. The van der Waals surface area contributed by atoms with Crippen molar-refractivity contribution in [1.82, 2.24) is 0 Å². The fraction of sp³-hybridized carbons (Fsp3) is 1.00. The Labute approximate surface area is 56.1 Å². The minimum Gasteiger partial charge on any atom is -0.393 e. The van der Waals surface area contributed by atoms with Crippen molar-refractivity contribution >= 4 is 0 Å². The second-order valence-corrected chi connectivity index (χ2v) is 3.58. The van der Waals surface area contributed by atoms with Crippen LogP contribution in [0.2, 0.25) is 0 Å². The Balaban J connectivity index is 2.05. The minimum atomic E-state index is 0.0590. The fourth-order valence-corrected chi connectivity index (χ4v) is 2.37. The maximum Gasteiger partial charge on any atom is 0.0568 e. The first kappa shape index (κ1) is 5.72. The van der Waals surface area contributed by atoms with E-state index in [1.807, 2.05) is 0 Å².